The molecule has 5 rings (SSSR count). The van der Waals surface area contributed by atoms with Crippen LogP contribution in [-0.4, -0.2) is 52.5 Å². The molecule has 0 unspecified atom stereocenters. The third-order valence-corrected chi connectivity index (χ3v) is 6.52. The fraction of sp³-hybridized carbons (Fsp3) is 0.435. The van der Waals surface area contributed by atoms with E-state index in [0.29, 0.717) is 24.1 Å². The van der Waals surface area contributed by atoms with E-state index >= 15 is 0 Å². The number of hydrogen-bond donors (Lipinski definition) is 0. The summed E-state index contributed by atoms with van der Waals surface area (Å²) in [7, 11) is 0. The first-order chi connectivity index (χ1) is 15.2. The van der Waals surface area contributed by atoms with Crippen LogP contribution < -0.4 is 5.01 Å². The molecule has 1 fully saturated rings. The number of fused-ring (bicyclic) bond motifs is 3. The van der Waals surface area contributed by atoms with Crippen LogP contribution >= 0.6 is 0 Å². The molecule has 2 aliphatic carbocycles. The molecule has 1 aromatic rings. The number of rotatable bonds is 4. The number of nitriles is 1. The van der Waals surface area contributed by atoms with Crippen LogP contribution in [0.15, 0.2) is 24.5 Å². The van der Waals surface area contributed by atoms with Crippen LogP contribution in [-0.2, 0) is 19.3 Å². The molecule has 6 nitrogen and oxygen atoms in total. The number of piperazine rings is 1. The minimum absolute atomic E-state index is 0.418. The summed E-state index contributed by atoms with van der Waals surface area (Å²) in [4.78, 5) is 8.65. The van der Waals surface area contributed by atoms with Gasteiger partial charge >= 0.3 is 0 Å². The van der Waals surface area contributed by atoms with Crippen molar-refractivity contribution in [1.82, 2.24) is 19.8 Å². The maximum atomic E-state index is 13.9. The van der Waals surface area contributed by atoms with E-state index in [0.717, 1.165) is 74.9 Å². The van der Waals surface area contributed by atoms with E-state index in [1.54, 1.807) is 12.1 Å². The van der Waals surface area contributed by atoms with Gasteiger partial charge in [0.15, 0.2) is 11.6 Å². The molecule has 0 bridgehead atoms. The molecule has 31 heavy (non-hydrogen) atoms. The molecule has 0 N–H and O–H groups in total. The maximum Gasteiger partial charge on any atom is 0.162 e. The smallest absolute Gasteiger partial charge is 0.162 e. The van der Waals surface area contributed by atoms with Crippen molar-refractivity contribution in [3.8, 4) is 17.5 Å². The van der Waals surface area contributed by atoms with Crippen molar-refractivity contribution in [2.75, 3.05) is 37.7 Å². The van der Waals surface area contributed by atoms with Gasteiger partial charge in [-0.25, -0.2) is 13.8 Å². The molecule has 8 heteroatoms. The van der Waals surface area contributed by atoms with Gasteiger partial charge in [0.25, 0.3) is 0 Å². The molecule has 0 spiro atoms. The fourth-order valence-electron chi connectivity index (χ4n) is 4.88. The highest BCUT2D eigenvalue weighted by atomic mass is 19.2. The Hall–Kier alpha value is -3.05. The summed E-state index contributed by atoms with van der Waals surface area (Å²) in [5.74, 6) is -1.53. The lowest BCUT2D eigenvalue weighted by Crippen LogP contribution is -2.52. The third-order valence-electron chi connectivity index (χ3n) is 6.52. The van der Waals surface area contributed by atoms with Gasteiger partial charge in [-0.15, -0.1) is 5.10 Å². The highest BCUT2D eigenvalue weighted by molar-refractivity contribution is 5.76. The van der Waals surface area contributed by atoms with Gasteiger partial charge in [-0.3, -0.25) is 9.91 Å². The predicted octanol–water partition coefficient (Wildman–Crippen LogP) is 2.91. The Morgan fingerprint density at radius 2 is 1.81 bits per heavy atom. The van der Waals surface area contributed by atoms with E-state index in [2.05, 4.69) is 26.1 Å². The minimum atomic E-state index is -0.790. The van der Waals surface area contributed by atoms with Crippen LogP contribution in [0.3, 0.4) is 0 Å². The van der Waals surface area contributed by atoms with E-state index in [1.807, 2.05) is 4.79 Å². The van der Waals surface area contributed by atoms with Crippen molar-refractivity contribution in [3.05, 3.63) is 58.4 Å². The van der Waals surface area contributed by atoms with Crippen molar-refractivity contribution in [2.45, 2.75) is 32.1 Å². The Balaban J connectivity index is 1.31. The van der Waals surface area contributed by atoms with E-state index in [9.17, 15) is 14.0 Å². The minimum Gasteiger partial charge on any atom is -0.299 e. The molecule has 0 amide bonds. The summed E-state index contributed by atoms with van der Waals surface area (Å²) < 4.78 is 27.3. The summed E-state index contributed by atoms with van der Waals surface area (Å²) in [6.07, 6.45) is 6.13. The van der Waals surface area contributed by atoms with E-state index < -0.39 is 11.6 Å². The van der Waals surface area contributed by atoms with Crippen molar-refractivity contribution in [1.29, 1.82) is 5.26 Å². The van der Waals surface area contributed by atoms with Gasteiger partial charge < -0.3 is 0 Å². The molecule has 1 aromatic carbocycles. The summed E-state index contributed by atoms with van der Waals surface area (Å²) in [5, 5.41) is 16.4. The lowest BCUT2D eigenvalue weighted by atomic mass is 9.94. The normalized spacial score (nSPS) is 17.0. The highest BCUT2D eigenvalue weighted by Crippen LogP contribution is 2.38. The van der Waals surface area contributed by atoms with E-state index in [-0.39, 0.29) is 0 Å². The molecule has 0 radical (unpaired) electrons. The highest BCUT2D eigenvalue weighted by Gasteiger charge is 2.31. The van der Waals surface area contributed by atoms with Crippen molar-refractivity contribution >= 4 is 0 Å². The topological polar surface area (TPSA) is 61.0 Å². The molecule has 0 atom stereocenters. The van der Waals surface area contributed by atoms with Gasteiger partial charge in [-0.2, -0.15) is 10.1 Å². The van der Waals surface area contributed by atoms with Crippen LogP contribution in [0.25, 0.3) is 11.4 Å². The molecule has 160 valence electrons. The first-order valence-corrected chi connectivity index (χ1v) is 10.9. The Bertz CT molecular complexity index is 1110. The summed E-state index contributed by atoms with van der Waals surface area (Å²) in [6, 6.07) is 6.72. The molecule has 0 aromatic heterocycles. The average molecular weight is 422 g/mol. The van der Waals surface area contributed by atoms with Crippen molar-refractivity contribution < 1.29 is 8.78 Å². The maximum absolute atomic E-state index is 13.9. The first kappa shape index (κ1) is 19.9. The molecular weight excluding hydrogens is 398 g/mol. The predicted molar refractivity (Wildman–Crippen MR) is 112 cm³/mol. The molecule has 1 saturated heterocycles. The standard InChI is InChI=1S/C23H24F2N6/c24-20-7-3-4-16(21(20)25)8-9-29-10-12-30(13-11-29)31-23-18-6-2-1-5-17(18)19(14-26)22(23)27-15-28-31/h3-4,7,15H,1-2,5-6,8-13H2. The Kier molecular flexibility index (Phi) is 5.28. The molecular formula is C23H24F2N6. The second-order valence-electron chi connectivity index (χ2n) is 8.26. The first-order valence-electron chi connectivity index (χ1n) is 10.9. The second-order valence-corrected chi connectivity index (χ2v) is 8.26. The second kappa shape index (κ2) is 8.23. The fourth-order valence-corrected chi connectivity index (χ4v) is 4.88. The summed E-state index contributed by atoms with van der Waals surface area (Å²) in [6.45, 7) is 3.84. The van der Waals surface area contributed by atoms with Gasteiger partial charge in [-0.05, 0) is 54.9 Å². The lowest BCUT2D eigenvalue weighted by molar-refractivity contribution is 0.237. The Morgan fingerprint density at radius 3 is 2.58 bits per heavy atom. The zero-order chi connectivity index (χ0) is 21.4. The Labute approximate surface area is 180 Å². The average Bonchev–Trinajstić information content (AvgIpc) is 3.14. The number of hydrogen-bond acceptors (Lipinski definition) is 5. The molecule has 2 aliphatic heterocycles. The van der Waals surface area contributed by atoms with Crippen LogP contribution in [0.2, 0.25) is 0 Å². The summed E-state index contributed by atoms with van der Waals surface area (Å²) >= 11 is 0. The van der Waals surface area contributed by atoms with Gasteiger partial charge in [0, 0.05) is 32.7 Å². The van der Waals surface area contributed by atoms with Crippen LogP contribution in [0, 0.1) is 23.0 Å². The zero-order valence-corrected chi connectivity index (χ0v) is 17.3. The monoisotopic (exact) mass is 422 g/mol. The van der Waals surface area contributed by atoms with Crippen LogP contribution in [0.1, 0.15) is 35.1 Å². The third kappa shape index (κ3) is 3.53. The largest absolute Gasteiger partial charge is 0.299 e. The van der Waals surface area contributed by atoms with Gasteiger partial charge in [0.05, 0.1) is 5.56 Å². The van der Waals surface area contributed by atoms with Gasteiger partial charge in [-0.1, -0.05) is 12.1 Å². The van der Waals surface area contributed by atoms with E-state index in [4.69, 9.17) is 0 Å². The Morgan fingerprint density at radius 1 is 1.03 bits per heavy atom. The number of halogens is 2. The van der Waals surface area contributed by atoms with Crippen LogP contribution in [0.5, 0.6) is 0 Å². The summed E-state index contributed by atoms with van der Waals surface area (Å²) in [5.41, 5.74) is 5.23. The van der Waals surface area contributed by atoms with Gasteiger partial charge in [0.1, 0.15) is 23.8 Å². The molecule has 4 aliphatic rings. The lowest BCUT2D eigenvalue weighted by Gasteiger charge is -2.37. The van der Waals surface area contributed by atoms with Gasteiger partial charge in [0.2, 0.25) is 0 Å². The quantitative estimate of drug-likeness (QED) is 0.647. The van der Waals surface area contributed by atoms with Crippen molar-refractivity contribution in [2.24, 2.45) is 0 Å². The number of nitrogens with zero attached hydrogens (tertiary/aromatic N) is 6. The van der Waals surface area contributed by atoms with E-state index in [1.165, 1.54) is 11.9 Å². The van der Waals surface area contributed by atoms with Crippen LogP contribution in [0.4, 0.5) is 8.78 Å². The number of benzene rings is 1. The SMILES string of the molecule is N#Cc1c2ncnn(N3CCN(CCc4cccc(F)c4F)CC3)c-2c2c1CCCC2. The molecule has 2 heterocycles. The molecule has 0 saturated carbocycles. The zero-order valence-electron chi connectivity index (χ0n) is 17.3. The number of aromatic nitrogens is 3. The van der Waals surface area contributed by atoms with Crippen molar-refractivity contribution in [3.63, 3.8) is 0 Å².